The molecule has 1 nitrogen and oxygen atoms in total. The minimum absolute atomic E-state index is 0.453. The molecule has 0 aromatic rings. The minimum atomic E-state index is 0.453. The van der Waals surface area contributed by atoms with Gasteiger partial charge in [-0.2, -0.15) is 0 Å². The Hall–Kier alpha value is -0.590. The Morgan fingerprint density at radius 3 is 3.08 bits per heavy atom. The summed E-state index contributed by atoms with van der Waals surface area (Å²) in [5.41, 5.74) is 0. The van der Waals surface area contributed by atoms with Crippen molar-refractivity contribution in [2.75, 3.05) is 0 Å². The zero-order chi connectivity index (χ0) is 8.97. The van der Waals surface area contributed by atoms with Gasteiger partial charge in [0.2, 0.25) is 0 Å². The van der Waals surface area contributed by atoms with Crippen molar-refractivity contribution in [1.29, 1.82) is 0 Å². The summed E-state index contributed by atoms with van der Waals surface area (Å²) in [7, 11) is 0. The van der Waals surface area contributed by atoms with E-state index < -0.39 is 0 Å². The van der Waals surface area contributed by atoms with Crippen molar-refractivity contribution < 1.29 is 4.79 Å². The zero-order valence-electron chi connectivity index (χ0n) is 7.88. The maximum absolute atomic E-state index is 11.2. The second-order valence-electron chi connectivity index (χ2n) is 3.90. The third-order valence-corrected chi connectivity index (χ3v) is 2.85. The number of rotatable bonds is 2. The smallest absolute Gasteiger partial charge is 0.133 e. The van der Waals surface area contributed by atoms with Crippen LogP contribution in [0.15, 0.2) is 12.7 Å². The molecule has 2 atom stereocenters. The molecule has 12 heavy (non-hydrogen) atoms. The van der Waals surface area contributed by atoms with Crippen molar-refractivity contribution in [3.8, 4) is 0 Å². The molecule has 0 aromatic carbocycles. The lowest BCUT2D eigenvalue weighted by Gasteiger charge is -2.18. The van der Waals surface area contributed by atoms with E-state index in [2.05, 4.69) is 13.5 Å². The lowest BCUT2D eigenvalue weighted by Crippen LogP contribution is -2.11. The van der Waals surface area contributed by atoms with Crippen molar-refractivity contribution in [3.63, 3.8) is 0 Å². The molecule has 0 aromatic heterocycles. The van der Waals surface area contributed by atoms with Gasteiger partial charge in [0.15, 0.2) is 0 Å². The third-order valence-electron chi connectivity index (χ3n) is 2.85. The maximum Gasteiger partial charge on any atom is 0.133 e. The fourth-order valence-corrected chi connectivity index (χ4v) is 2.04. The number of hydrogen-bond acceptors (Lipinski definition) is 1. The molecular formula is C11H18O. The SMILES string of the molecule is C=CCC1CCCC(=O)CC1C. The second-order valence-corrected chi connectivity index (χ2v) is 3.90. The van der Waals surface area contributed by atoms with Crippen LogP contribution in [0, 0.1) is 11.8 Å². The van der Waals surface area contributed by atoms with Gasteiger partial charge >= 0.3 is 0 Å². The molecule has 1 fully saturated rings. The number of hydrogen-bond donors (Lipinski definition) is 0. The minimum Gasteiger partial charge on any atom is -0.300 e. The molecule has 68 valence electrons. The van der Waals surface area contributed by atoms with E-state index in [9.17, 15) is 4.79 Å². The lowest BCUT2D eigenvalue weighted by molar-refractivity contribution is -0.119. The molecule has 1 heteroatoms. The van der Waals surface area contributed by atoms with E-state index in [1.807, 2.05) is 6.08 Å². The van der Waals surface area contributed by atoms with E-state index in [4.69, 9.17) is 0 Å². The number of Topliss-reactive ketones (excluding diaryl/α,β-unsaturated/α-hetero) is 1. The molecule has 0 radical (unpaired) electrons. The van der Waals surface area contributed by atoms with Gasteiger partial charge in [0.1, 0.15) is 5.78 Å². The molecule has 1 rings (SSSR count). The molecule has 0 aliphatic heterocycles. The molecule has 1 saturated carbocycles. The van der Waals surface area contributed by atoms with Crippen LogP contribution < -0.4 is 0 Å². The molecule has 0 spiro atoms. The first-order chi connectivity index (χ1) is 5.74. The molecule has 0 amide bonds. The Morgan fingerprint density at radius 2 is 2.42 bits per heavy atom. The Morgan fingerprint density at radius 1 is 1.67 bits per heavy atom. The van der Waals surface area contributed by atoms with E-state index >= 15 is 0 Å². The number of ketones is 1. The van der Waals surface area contributed by atoms with Gasteiger partial charge in [0, 0.05) is 12.8 Å². The maximum atomic E-state index is 11.2. The Labute approximate surface area is 74.9 Å². The summed E-state index contributed by atoms with van der Waals surface area (Å²) < 4.78 is 0. The van der Waals surface area contributed by atoms with Gasteiger partial charge in [0.05, 0.1) is 0 Å². The highest BCUT2D eigenvalue weighted by Gasteiger charge is 2.22. The van der Waals surface area contributed by atoms with Gasteiger partial charge < -0.3 is 0 Å². The molecular weight excluding hydrogens is 148 g/mol. The van der Waals surface area contributed by atoms with Crippen LogP contribution in [0.2, 0.25) is 0 Å². The first-order valence-corrected chi connectivity index (χ1v) is 4.86. The molecule has 0 heterocycles. The topological polar surface area (TPSA) is 17.1 Å². The van der Waals surface area contributed by atoms with E-state index in [0.29, 0.717) is 17.6 Å². The summed E-state index contributed by atoms with van der Waals surface area (Å²) in [4.78, 5) is 11.2. The molecule has 0 N–H and O–H groups in total. The summed E-state index contributed by atoms with van der Waals surface area (Å²) >= 11 is 0. The average molecular weight is 166 g/mol. The quantitative estimate of drug-likeness (QED) is 0.455. The van der Waals surface area contributed by atoms with Gasteiger partial charge in [-0.05, 0) is 31.1 Å². The van der Waals surface area contributed by atoms with Crippen molar-refractivity contribution >= 4 is 5.78 Å². The summed E-state index contributed by atoms with van der Waals surface area (Å²) in [6.45, 7) is 5.95. The summed E-state index contributed by atoms with van der Waals surface area (Å²) in [6.07, 6.45) is 6.95. The fraction of sp³-hybridized carbons (Fsp3) is 0.727. The van der Waals surface area contributed by atoms with Crippen molar-refractivity contribution in [1.82, 2.24) is 0 Å². The van der Waals surface area contributed by atoms with Crippen LogP contribution in [0.4, 0.5) is 0 Å². The van der Waals surface area contributed by atoms with E-state index in [-0.39, 0.29) is 0 Å². The molecule has 1 aliphatic carbocycles. The lowest BCUT2D eigenvalue weighted by atomic mass is 9.87. The van der Waals surface area contributed by atoms with Crippen LogP contribution in [0.25, 0.3) is 0 Å². The third kappa shape index (κ3) is 2.47. The predicted octanol–water partition coefficient (Wildman–Crippen LogP) is 2.96. The average Bonchev–Trinajstić information content (AvgIpc) is 2.15. The van der Waals surface area contributed by atoms with Gasteiger partial charge in [0.25, 0.3) is 0 Å². The summed E-state index contributed by atoms with van der Waals surface area (Å²) in [5.74, 6) is 1.72. The molecule has 2 unspecified atom stereocenters. The number of allylic oxidation sites excluding steroid dienone is 1. The van der Waals surface area contributed by atoms with Crippen LogP contribution in [0.3, 0.4) is 0 Å². The van der Waals surface area contributed by atoms with Crippen molar-refractivity contribution in [2.45, 2.75) is 39.0 Å². The van der Waals surface area contributed by atoms with Crippen molar-refractivity contribution in [2.24, 2.45) is 11.8 Å². The van der Waals surface area contributed by atoms with Gasteiger partial charge in [-0.3, -0.25) is 4.79 Å². The zero-order valence-corrected chi connectivity index (χ0v) is 7.88. The van der Waals surface area contributed by atoms with Crippen molar-refractivity contribution in [3.05, 3.63) is 12.7 Å². The highest BCUT2D eigenvalue weighted by molar-refractivity contribution is 5.78. The van der Waals surface area contributed by atoms with Gasteiger partial charge in [-0.25, -0.2) is 0 Å². The molecule has 0 saturated heterocycles. The summed E-state index contributed by atoms with van der Waals surface area (Å²) in [6, 6.07) is 0. The van der Waals surface area contributed by atoms with E-state index in [0.717, 1.165) is 25.7 Å². The predicted molar refractivity (Wildman–Crippen MR) is 50.9 cm³/mol. The van der Waals surface area contributed by atoms with Crippen LogP contribution in [-0.4, -0.2) is 5.78 Å². The van der Waals surface area contributed by atoms with Crippen LogP contribution in [0.5, 0.6) is 0 Å². The number of carbonyl (C=O) groups is 1. The van der Waals surface area contributed by atoms with Crippen LogP contribution >= 0.6 is 0 Å². The Kier molecular flexibility index (Phi) is 3.51. The monoisotopic (exact) mass is 166 g/mol. The number of carbonyl (C=O) groups excluding carboxylic acids is 1. The van der Waals surface area contributed by atoms with Crippen LogP contribution in [0.1, 0.15) is 39.0 Å². The standard InChI is InChI=1S/C11H18O/c1-3-5-10-6-4-7-11(12)8-9(10)2/h3,9-10H,1,4-8H2,2H3. The molecule has 1 aliphatic rings. The van der Waals surface area contributed by atoms with E-state index in [1.54, 1.807) is 0 Å². The highest BCUT2D eigenvalue weighted by atomic mass is 16.1. The first-order valence-electron chi connectivity index (χ1n) is 4.86. The largest absolute Gasteiger partial charge is 0.300 e. The molecule has 0 bridgehead atoms. The highest BCUT2D eigenvalue weighted by Crippen LogP contribution is 2.29. The van der Waals surface area contributed by atoms with E-state index in [1.165, 1.54) is 6.42 Å². The second kappa shape index (κ2) is 4.44. The summed E-state index contributed by atoms with van der Waals surface area (Å²) in [5, 5.41) is 0. The van der Waals surface area contributed by atoms with Gasteiger partial charge in [-0.15, -0.1) is 6.58 Å². The van der Waals surface area contributed by atoms with Crippen LogP contribution in [-0.2, 0) is 4.79 Å². The Balaban J connectivity index is 2.50. The first kappa shape index (κ1) is 9.50. The van der Waals surface area contributed by atoms with Gasteiger partial charge in [-0.1, -0.05) is 13.0 Å². The normalized spacial score (nSPS) is 31.2. The fourth-order valence-electron chi connectivity index (χ4n) is 2.04. The Bertz CT molecular complexity index is 172.